The van der Waals surface area contributed by atoms with Crippen LogP contribution in [0.1, 0.15) is 41.3 Å². The lowest BCUT2D eigenvalue weighted by molar-refractivity contribution is -0.143. The summed E-state index contributed by atoms with van der Waals surface area (Å²) in [5, 5.41) is 0. The summed E-state index contributed by atoms with van der Waals surface area (Å²) < 4.78 is 50.8. The number of methoxy groups -OCH3 is 2. The third-order valence-electron chi connectivity index (χ3n) is 5.55. The van der Waals surface area contributed by atoms with Crippen LogP contribution in [0, 0.1) is 0 Å². The normalized spacial score (nSPS) is 10.9. The molecule has 10 heteroatoms. The summed E-state index contributed by atoms with van der Waals surface area (Å²) >= 11 is 0. The second kappa shape index (κ2) is 13.5. The average Bonchev–Trinajstić information content (AvgIpc) is 2.91. The number of ether oxygens (including phenoxy) is 4. The highest BCUT2D eigenvalue weighted by Gasteiger charge is 2.25. The summed E-state index contributed by atoms with van der Waals surface area (Å²) in [5.74, 6) is -0.460. The molecule has 202 valence electrons. The molecule has 0 saturated heterocycles. The molecule has 0 aliphatic carbocycles. The van der Waals surface area contributed by atoms with Crippen LogP contribution in [0.3, 0.4) is 0 Å². The molecule has 0 unspecified atom stereocenters. The van der Waals surface area contributed by atoms with E-state index in [1.165, 1.54) is 32.4 Å². The summed E-state index contributed by atoms with van der Waals surface area (Å²) in [6.45, 7) is 2.10. The maximum absolute atomic E-state index is 13.7. The van der Waals surface area contributed by atoms with Gasteiger partial charge in [-0.3, -0.25) is 9.52 Å². The predicted octanol–water partition coefficient (Wildman–Crippen LogP) is 4.60. The van der Waals surface area contributed by atoms with Crippen LogP contribution in [0.4, 0.5) is 5.69 Å². The number of esters is 2. The van der Waals surface area contributed by atoms with E-state index < -0.39 is 16.0 Å². The number of hydrogen-bond donors (Lipinski definition) is 1. The number of carbonyl (C=O) groups excluding carboxylic acids is 2. The minimum absolute atomic E-state index is 0.0166. The molecule has 0 radical (unpaired) electrons. The van der Waals surface area contributed by atoms with E-state index in [1.54, 1.807) is 25.1 Å². The summed E-state index contributed by atoms with van der Waals surface area (Å²) in [5.41, 5.74) is 1.35. The van der Waals surface area contributed by atoms with Crippen molar-refractivity contribution in [1.29, 1.82) is 0 Å². The molecule has 38 heavy (non-hydrogen) atoms. The molecule has 0 atom stereocenters. The van der Waals surface area contributed by atoms with Gasteiger partial charge in [-0.1, -0.05) is 36.4 Å². The summed E-state index contributed by atoms with van der Waals surface area (Å²) in [6, 6.07) is 18.6. The first-order valence-corrected chi connectivity index (χ1v) is 13.5. The quantitative estimate of drug-likeness (QED) is 0.247. The van der Waals surface area contributed by atoms with E-state index in [-0.39, 0.29) is 47.5 Å². The Kier molecular flexibility index (Phi) is 10.1. The Labute approximate surface area is 222 Å². The van der Waals surface area contributed by atoms with Gasteiger partial charge < -0.3 is 18.9 Å². The molecule has 9 nitrogen and oxygen atoms in total. The first kappa shape index (κ1) is 28.5. The number of nitrogens with one attached hydrogen (secondary N) is 1. The zero-order valence-corrected chi connectivity index (χ0v) is 22.4. The zero-order chi connectivity index (χ0) is 27.5. The number of rotatable bonds is 13. The highest BCUT2D eigenvalue weighted by molar-refractivity contribution is 7.92. The lowest BCUT2D eigenvalue weighted by atomic mass is 10.0. The van der Waals surface area contributed by atoms with Gasteiger partial charge in [-0.25, -0.2) is 13.2 Å². The van der Waals surface area contributed by atoms with Crippen molar-refractivity contribution in [2.45, 2.75) is 31.1 Å². The van der Waals surface area contributed by atoms with Crippen molar-refractivity contribution in [3.05, 3.63) is 83.4 Å². The molecule has 0 amide bonds. The Morgan fingerprint density at radius 2 is 1.71 bits per heavy atom. The minimum atomic E-state index is -4.19. The number of anilines is 1. The number of sulfonamides is 1. The summed E-state index contributed by atoms with van der Waals surface area (Å²) in [4.78, 5) is 24.1. The molecule has 0 saturated carbocycles. The van der Waals surface area contributed by atoms with Gasteiger partial charge in [-0.05, 0) is 61.2 Å². The third kappa shape index (κ3) is 7.48. The van der Waals surface area contributed by atoms with Gasteiger partial charge in [0.15, 0.2) is 0 Å². The lowest BCUT2D eigenvalue weighted by Crippen LogP contribution is -2.19. The first-order valence-electron chi connectivity index (χ1n) is 12.0. The van der Waals surface area contributed by atoms with Gasteiger partial charge in [0.05, 0.1) is 37.9 Å². The minimum Gasteiger partial charge on any atom is -0.497 e. The monoisotopic (exact) mass is 541 g/mol. The summed E-state index contributed by atoms with van der Waals surface area (Å²) in [7, 11) is -1.49. The van der Waals surface area contributed by atoms with Crippen molar-refractivity contribution >= 4 is 27.6 Å². The molecule has 0 spiro atoms. The van der Waals surface area contributed by atoms with Crippen molar-refractivity contribution in [3.63, 3.8) is 0 Å². The maximum atomic E-state index is 13.7. The number of carbonyl (C=O) groups is 2. The Hall–Kier alpha value is -4.05. The maximum Gasteiger partial charge on any atom is 0.340 e. The van der Waals surface area contributed by atoms with Crippen molar-refractivity contribution < 1.29 is 37.0 Å². The van der Waals surface area contributed by atoms with Gasteiger partial charge in [0.2, 0.25) is 0 Å². The van der Waals surface area contributed by atoms with E-state index in [1.807, 2.05) is 30.3 Å². The van der Waals surface area contributed by atoms with Crippen LogP contribution >= 0.6 is 0 Å². The Bertz CT molecular complexity index is 1360. The number of para-hydroxylation sites is 1. The molecule has 3 aromatic rings. The van der Waals surface area contributed by atoms with E-state index in [9.17, 15) is 18.0 Å². The van der Waals surface area contributed by atoms with E-state index >= 15 is 0 Å². The molecule has 0 aliphatic heterocycles. The Morgan fingerprint density at radius 1 is 0.947 bits per heavy atom. The molecule has 0 fully saturated rings. The van der Waals surface area contributed by atoms with Crippen molar-refractivity contribution in [2.24, 2.45) is 0 Å². The smallest absolute Gasteiger partial charge is 0.340 e. The average molecular weight is 542 g/mol. The van der Waals surface area contributed by atoms with Gasteiger partial charge in [0.1, 0.15) is 17.2 Å². The fourth-order valence-corrected chi connectivity index (χ4v) is 5.07. The Morgan fingerprint density at radius 3 is 2.39 bits per heavy atom. The largest absolute Gasteiger partial charge is 0.497 e. The van der Waals surface area contributed by atoms with Gasteiger partial charge in [-0.15, -0.1) is 0 Å². The molecule has 0 bridgehead atoms. The fraction of sp³-hybridized carbons (Fsp3) is 0.286. The summed E-state index contributed by atoms with van der Waals surface area (Å²) in [6.07, 6.45) is 0.817. The molecule has 3 rings (SSSR count). The number of hydrogen-bond acceptors (Lipinski definition) is 8. The van der Waals surface area contributed by atoms with E-state index in [0.717, 1.165) is 5.56 Å². The SMILES string of the molecule is CCOC(=O)CCCOc1cccc(C(=O)OC)c1NS(=O)(=O)c1ccc(OC)cc1Cc1ccccc1. The Balaban J connectivity index is 1.95. The third-order valence-corrected chi connectivity index (χ3v) is 7.00. The van der Waals surface area contributed by atoms with Crippen LogP contribution < -0.4 is 14.2 Å². The molecule has 3 aromatic carbocycles. The van der Waals surface area contributed by atoms with Crippen LogP contribution in [-0.4, -0.2) is 47.8 Å². The number of benzene rings is 3. The lowest BCUT2D eigenvalue weighted by Gasteiger charge is -2.18. The molecule has 1 N–H and O–H groups in total. The highest BCUT2D eigenvalue weighted by atomic mass is 32.2. The molecule has 0 heterocycles. The second-order valence-corrected chi connectivity index (χ2v) is 9.82. The molecule has 0 aromatic heterocycles. The van der Waals surface area contributed by atoms with Crippen molar-refractivity contribution in [2.75, 3.05) is 32.2 Å². The van der Waals surface area contributed by atoms with E-state index in [0.29, 0.717) is 24.2 Å². The molecular formula is C28H31NO8S. The van der Waals surface area contributed by atoms with Crippen LogP contribution in [0.5, 0.6) is 11.5 Å². The van der Waals surface area contributed by atoms with Crippen molar-refractivity contribution in [1.82, 2.24) is 0 Å². The van der Waals surface area contributed by atoms with Crippen molar-refractivity contribution in [3.8, 4) is 11.5 Å². The standard InChI is InChI=1S/C28H31NO8S/c1-4-36-26(30)14-9-17-37-24-13-8-12-23(28(31)35-3)27(24)29-38(32,33)25-16-15-22(34-2)19-21(25)18-20-10-6-5-7-11-20/h5-8,10-13,15-16,19,29H,4,9,14,17-18H2,1-3H3. The zero-order valence-electron chi connectivity index (χ0n) is 21.6. The predicted molar refractivity (Wildman–Crippen MR) is 142 cm³/mol. The van der Waals surface area contributed by atoms with Gasteiger partial charge in [0.25, 0.3) is 10.0 Å². The second-order valence-electron chi connectivity index (χ2n) is 8.17. The first-order chi connectivity index (χ1) is 18.3. The van der Waals surface area contributed by atoms with Crippen LogP contribution in [0.2, 0.25) is 0 Å². The van der Waals surface area contributed by atoms with Gasteiger partial charge in [0, 0.05) is 6.42 Å². The van der Waals surface area contributed by atoms with E-state index in [4.69, 9.17) is 18.9 Å². The van der Waals surface area contributed by atoms with Gasteiger partial charge in [-0.2, -0.15) is 0 Å². The fourth-order valence-electron chi connectivity index (χ4n) is 3.76. The van der Waals surface area contributed by atoms with Crippen LogP contribution in [0.25, 0.3) is 0 Å². The molecule has 0 aliphatic rings. The topological polar surface area (TPSA) is 117 Å². The van der Waals surface area contributed by atoms with Crippen LogP contribution in [0.15, 0.2) is 71.6 Å². The highest BCUT2D eigenvalue weighted by Crippen LogP contribution is 2.33. The van der Waals surface area contributed by atoms with E-state index in [2.05, 4.69) is 4.72 Å². The van der Waals surface area contributed by atoms with Gasteiger partial charge >= 0.3 is 11.9 Å². The molecular weight excluding hydrogens is 510 g/mol. The van der Waals surface area contributed by atoms with Crippen LogP contribution in [-0.2, 0) is 30.7 Å².